The molecule has 0 aliphatic rings. The Balaban J connectivity index is 1.57. The quantitative estimate of drug-likeness (QED) is 0.377. The van der Waals surface area contributed by atoms with E-state index in [1.165, 1.54) is 0 Å². The van der Waals surface area contributed by atoms with Crippen molar-refractivity contribution in [3.63, 3.8) is 0 Å². The van der Waals surface area contributed by atoms with Crippen LogP contribution in [0.25, 0.3) is 0 Å². The lowest BCUT2D eigenvalue weighted by Crippen LogP contribution is -2.32. The van der Waals surface area contributed by atoms with Gasteiger partial charge in [-0.15, -0.1) is 0 Å². The average molecular weight is 516 g/mol. The molecule has 0 aliphatic carbocycles. The van der Waals surface area contributed by atoms with E-state index in [0.29, 0.717) is 23.8 Å². The molecule has 166 valence electrons. The highest BCUT2D eigenvalue weighted by Gasteiger charge is 2.16. The minimum absolute atomic E-state index is 0.0697. The van der Waals surface area contributed by atoms with Gasteiger partial charge >= 0.3 is 5.97 Å². The molecule has 3 aromatic carbocycles. The second-order valence-corrected chi connectivity index (χ2v) is 8.59. The van der Waals surface area contributed by atoms with Crippen LogP contribution in [-0.2, 0) is 27.4 Å². The third-order valence-electron chi connectivity index (χ3n) is 4.83. The normalized spacial score (nSPS) is 10.8. The Morgan fingerprint density at radius 1 is 0.938 bits per heavy atom. The van der Waals surface area contributed by atoms with E-state index in [1.807, 2.05) is 65.6 Å². The second kappa shape index (κ2) is 11.8. The Labute approximate surface area is 201 Å². The van der Waals surface area contributed by atoms with E-state index in [4.69, 9.17) is 16.3 Å². The SMILES string of the molecule is Cc1c(NC(=O)COC(=O)CN(Cc2ccccc2)Cc2ccccc2)ccc(Br)c1Cl. The van der Waals surface area contributed by atoms with Crippen molar-refractivity contribution in [3.05, 3.63) is 99.0 Å². The van der Waals surface area contributed by atoms with Gasteiger partial charge in [0.2, 0.25) is 0 Å². The van der Waals surface area contributed by atoms with Crippen LogP contribution in [0.1, 0.15) is 16.7 Å². The Kier molecular flexibility index (Phi) is 8.85. The fraction of sp³-hybridized carbons (Fsp3) is 0.200. The summed E-state index contributed by atoms with van der Waals surface area (Å²) in [5.41, 5.74) is 3.50. The predicted octanol–water partition coefficient (Wildman–Crippen LogP) is 5.60. The van der Waals surface area contributed by atoms with E-state index in [2.05, 4.69) is 21.2 Å². The van der Waals surface area contributed by atoms with Gasteiger partial charge in [0.15, 0.2) is 6.61 Å². The zero-order valence-electron chi connectivity index (χ0n) is 17.7. The summed E-state index contributed by atoms with van der Waals surface area (Å²) in [5, 5.41) is 3.26. The van der Waals surface area contributed by atoms with E-state index in [1.54, 1.807) is 19.1 Å². The van der Waals surface area contributed by atoms with Crippen molar-refractivity contribution in [1.82, 2.24) is 4.90 Å². The summed E-state index contributed by atoms with van der Waals surface area (Å²) >= 11 is 9.54. The lowest BCUT2D eigenvalue weighted by Gasteiger charge is -2.21. The summed E-state index contributed by atoms with van der Waals surface area (Å²) in [6.45, 7) is 2.69. The standard InChI is InChI=1S/C25H24BrClN2O3/c1-18-22(13-12-21(26)25(18)27)28-23(30)17-32-24(31)16-29(14-19-8-4-2-5-9-19)15-20-10-6-3-7-11-20/h2-13H,14-17H2,1H3,(H,28,30). The number of carbonyl (C=O) groups is 2. The van der Waals surface area contributed by atoms with Crippen LogP contribution in [0, 0.1) is 6.92 Å². The highest BCUT2D eigenvalue weighted by atomic mass is 79.9. The molecule has 0 radical (unpaired) electrons. The molecule has 7 heteroatoms. The number of nitrogens with zero attached hydrogens (tertiary/aromatic N) is 1. The molecule has 1 amide bonds. The molecule has 0 aliphatic heterocycles. The zero-order chi connectivity index (χ0) is 22.9. The summed E-state index contributed by atoms with van der Waals surface area (Å²) in [7, 11) is 0. The van der Waals surface area contributed by atoms with E-state index in [9.17, 15) is 9.59 Å². The van der Waals surface area contributed by atoms with Crippen molar-refractivity contribution < 1.29 is 14.3 Å². The molecule has 0 heterocycles. The first-order valence-corrected chi connectivity index (χ1v) is 11.3. The Morgan fingerprint density at radius 3 is 2.06 bits per heavy atom. The first kappa shape index (κ1) is 24.0. The maximum absolute atomic E-state index is 12.5. The monoisotopic (exact) mass is 514 g/mol. The molecule has 0 fully saturated rings. The van der Waals surface area contributed by atoms with E-state index >= 15 is 0 Å². The van der Waals surface area contributed by atoms with Gasteiger partial charge in [-0.1, -0.05) is 72.3 Å². The minimum Gasteiger partial charge on any atom is -0.455 e. The number of amides is 1. The largest absolute Gasteiger partial charge is 0.455 e. The summed E-state index contributed by atoms with van der Waals surface area (Å²) in [4.78, 5) is 26.8. The number of nitrogens with one attached hydrogen (secondary N) is 1. The van der Waals surface area contributed by atoms with Gasteiger partial charge in [0.1, 0.15) is 0 Å². The number of halogens is 2. The summed E-state index contributed by atoms with van der Waals surface area (Å²) < 4.78 is 5.99. The molecule has 0 atom stereocenters. The molecule has 32 heavy (non-hydrogen) atoms. The van der Waals surface area contributed by atoms with Crippen LogP contribution < -0.4 is 5.32 Å². The van der Waals surface area contributed by atoms with Gasteiger partial charge in [0, 0.05) is 23.2 Å². The molecular weight excluding hydrogens is 492 g/mol. The fourth-order valence-corrected chi connectivity index (χ4v) is 3.79. The van der Waals surface area contributed by atoms with Gasteiger partial charge in [-0.05, 0) is 51.7 Å². The van der Waals surface area contributed by atoms with Gasteiger partial charge in [-0.2, -0.15) is 0 Å². The maximum atomic E-state index is 12.5. The number of anilines is 1. The highest BCUT2D eigenvalue weighted by molar-refractivity contribution is 9.10. The molecule has 3 rings (SSSR count). The lowest BCUT2D eigenvalue weighted by molar-refractivity contribution is -0.148. The van der Waals surface area contributed by atoms with Gasteiger partial charge in [-0.3, -0.25) is 14.5 Å². The molecule has 0 aromatic heterocycles. The first-order valence-electron chi connectivity index (χ1n) is 10.1. The zero-order valence-corrected chi connectivity index (χ0v) is 20.0. The molecular formula is C25H24BrClN2O3. The third kappa shape index (κ3) is 7.19. The van der Waals surface area contributed by atoms with Gasteiger partial charge < -0.3 is 10.1 Å². The van der Waals surface area contributed by atoms with Crippen molar-refractivity contribution in [2.24, 2.45) is 0 Å². The van der Waals surface area contributed by atoms with Gasteiger partial charge in [-0.25, -0.2) is 0 Å². The number of esters is 1. The number of carbonyl (C=O) groups excluding carboxylic acids is 2. The molecule has 3 aromatic rings. The first-order chi connectivity index (χ1) is 15.4. The number of ether oxygens (including phenoxy) is 1. The molecule has 0 saturated carbocycles. The number of benzene rings is 3. The lowest BCUT2D eigenvalue weighted by atomic mass is 10.1. The van der Waals surface area contributed by atoms with Gasteiger partial charge in [0.25, 0.3) is 5.91 Å². The van der Waals surface area contributed by atoms with Crippen LogP contribution in [0.15, 0.2) is 77.3 Å². The minimum atomic E-state index is -0.461. The number of rotatable bonds is 9. The molecule has 0 bridgehead atoms. The van der Waals surface area contributed by atoms with E-state index in [-0.39, 0.29) is 13.2 Å². The smallest absolute Gasteiger partial charge is 0.320 e. The van der Waals surface area contributed by atoms with Crippen molar-refractivity contribution in [1.29, 1.82) is 0 Å². The third-order valence-corrected chi connectivity index (χ3v) is 6.20. The van der Waals surface area contributed by atoms with Crippen molar-refractivity contribution in [2.45, 2.75) is 20.0 Å². The molecule has 5 nitrogen and oxygen atoms in total. The Hall–Kier alpha value is -2.67. The predicted molar refractivity (Wildman–Crippen MR) is 130 cm³/mol. The fourth-order valence-electron chi connectivity index (χ4n) is 3.20. The summed E-state index contributed by atoms with van der Waals surface area (Å²) in [6, 6.07) is 23.3. The van der Waals surface area contributed by atoms with Crippen molar-refractivity contribution >= 4 is 45.1 Å². The second-order valence-electron chi connectivity index (χ2n) is 7.36. The van der Waals surface area contributed by atoms with Crippen LogP contribution in [-0.4, -0.2) is 29.9 Å². The molecule has 0 spiro atoms. The van der Waals surface area contributed by atoms with Crippen molar-refractivity contribution in [2.75, 3.05) is 18.5 Å². The van der Waals surface area contributed by atoms with Crippen LogP contribution in [0.4, 0.5) is 5.69 Å². The van der Waals surface area contributed by atoms with Gasteiger partial charge in [0.05, 0.1) is 11.6 Å². The highest BCUT2D eigenvalue weighted by Crippen LogP contribution is 2.30. The van der Waals surface area contributed by atoms with Crippen LogP contribution in [0.2, 0.25) is 5.02 Å². The summed E-state index contributed by atoms with van der Waals surface area (Å²) in [6.07, 6.45) is 0. The van der Waals surface area contributed by atoms with Crippen LogP contribution >= 0.6 is 27.5 Å². The van der Waals surface area contributed by atoms with E-state index in [0.717, 1.165) is 21.2 Å². The maximum Gasteiger partial charge on any atom is 0.320 e. The number of hydrogen-bond acceptors (Lipinski definition) is 4. The molecule has 0 saturated heterocycles. The van der Waals surface area contributed by atoms with Crippen molar-refractivity contribution in [3.8, 4) is 0 Å². The Bertz CT molecular complexity index is 1020. The summed E-state index contributed by atoms with van der Waals surface area (Å²) in [5.74, 6) is -0.880. The van der Waals surface area contributed by atoms with Crippen LogP contribution in [0.3, 0.4) is 0 Å². The molecule has 0 unspecified atom stereocenters. The topological polar surface area (TPSA) is 58.6 Å². The Morgan fingerprint density at radius 2 is 1.50 bits per heavy atom. The number of hydrogen-bond donors (Lipinski definition) is 1. The van der Waals surface area contributed by atoms with E-state index < -0.39 is 11.9 Å². The average Bonchev–Trinajstić information content (AvgIpc) is 2.79. The molecule has 1 N–H and O–H groups in total. The van der Waals surface area contributed by atoms with Crippen LogP contribution in [0.5, 0.6) is 0 Å².